The molecule has 0 aromatic heterocycles. The molecule has 2 N–H and O–H groups in total. The standard InChI is InChI=1S/C14H18O3/c1-8-5-11(6-13(15)9(8)2)12(7-14(16)17)10-3-4-10/h5-6,10,12,15H,3-4,7H2,1-2H3,(H,16,17). The Morgan fingerprint density at radius 3 is 2.53 bits per heavy atom. The van der Waals surface area contributed by atoms with Gasteiger partial charge in [0.05, 0.1) is 6.42 Å². The van der Waals surface area contributed by atoms with Gasteiger partial charge in [0.25, 0.3) is 0 Å². The van der Waals surface area contributed by atoms with Crippen molar-refractivity contribution in [1.29, 1.82) is 0 Å². The highest BCUT2D eigenvalue weighted by Crippen LogP contribution is 2.45. The molecule has 0 saturated heterocycles. The van der Waals surface area contributed by atoms with E-state index in [4.69, 9.17) is 5.11 Å². The minimum absolute atomic E-state index is 0.0534. The maximum Gasteiger partial charge on any atom is 0.303 e. The summed E-state index contributed by atoms with van der Waals surface area (Å²) in [5, 5.41) is 18.8. The highest BCUT2D eigenvalue weighted by atomic mass is 16.4. The van der Waals surface area contributed by atoms with Crippen molar-refractivity contribution >= 4 is 5.97 Å². The number of phenolic OH excluding ortho intramolecular Hbond substituents is 1. The molecule has 1 atom stereocenters. The third-order valence-electron chi connectivity index (χ3n) is 3.68. The summed E-state index contributed by atoms with van der Waals surface area (Å²) in [6.07, 6.45) is 2.36. The first-order valence-electron chi connectivity index (χ1n) is 6.01. The molecule has 1 unspecified atom stereocenters. The number of benzene rings is 1. The lowest BCUT2D eigenvalue weighted by Gasteiger charge is -2.16. The Morgan fingerprint density at radius 2 is 2.06 bits per heavy atom. The van der Waals surface area contributed by atoms with Crippen LogP contribution in [0.4, 0.5) is 0 Å². The fraction of sp³-hybridized carbons (Fsp3) is 0.500. The maximum atomic E-state index is 10.9. The molecule has 0 radical (unpaired) electrons. The molecule has 2 rings (SSSR count). The lowest BCUT2D eigenvalue weighted by atomic mass is 9.89. The molecule has 0 amide bonds. The average Bonchev–Trinajstić information content (AvgIpc) is 3.05. The van der Waals surface area contributed by atoms with Gasteiger partial charge in [0.15, 0.2) is 0 Å². The summed E-state index contributed by atoms with van der Waals surface area (Å²) in [4.78, 5) is 10.9. The largest absolute Gasteiger partial charge is 0.508 e. The molecule has 1 aliphatic rings. The quantitative estimate of drug-likeness (QED) is 0.842. The van der Waals surface area contributed by atoms with Gasteiger partial charge in [-0.3, -0.25) is 4.79 Å². The van der Waals surface area contributed by atoms with Crippen molar-refractivity contribution in [2.45, 2.75) is 39.0 Å². The van der Waals surface area contributed by atoms with Crippen LogP contribution in [0.5, 0.6) is 5.75 Å². The number of aromatic hydroxyl groups is 1. The van der Waals surface area contributed by atoms with E-state index in [1.807, 2.05) is 19.9 Å². The second-order valence-corrected chi connectivity index (χ2v) is 5.02. The van der Waals surface area contributed by atoms with Crippen LogP contribution in [-0.4, -0.2) is 16.2 Å². The second kappa shape index (κ2) is 4.40. The summed E-state index contributed by atoms with van der Waals surface area (Å²) in [5.41, 5.74) is 2.87. The summed E-state index contributed by atoms with van der Waals surface area (Å²) >= 11 is 0. The molecule has 92 valence electrons. The SMILES string of the molecule is Cc1cc(C(CC(=O)O)C2CC2)cc(O)c1C. The van der Waals surface area contributed by atoms with Gasteiger partial charge in [0.2, 0.25) is 0 Å². The molecule has 1 aliphatic carbocycles. The molecule has 0 heterocycles. The van der Waals surface area contributed by atoms with E-state index in [2.05, 4.69) is 0 Å². The maximum absolute atomic E-state index is 10.9. The number of carboxylic acids is 1. The van der Waals surface area contributed by atoms with Crippen LogP contribution < -0.4 is 0 Å². The zero-order valence-electron chi connectivity index (χ0n) is 10.2. The van der Waals surface area contributed by atoms with E-state index >= 15 is 0 Å². The molecule has 17 heavy (non-hydrogen) atoms. The predicted molar refractivity (Wildman–Crippen MR) is 65.3 cm³/mol. The Balaban J connectivity index is 2.32. The summed E-state index contributed by atoms with van der Waals surface area (Å²) in [6.45, 7) is 3.82. The Morgan fingerprint density at radius 1 is 1.41 bits per heavy atom. The van der Waals surface area contributed by atoms with E-state index in [1.54, 1.807) is 6.07 Å². The van der Waals surface area contributed by atoms with Crippen molar-refractivity contribution < 1.29 is 15.0 Å². The third kappa shape index (κ3) is 2.60. The molecule has 1 saturated carbocycles. The summed E-state index contributed by atoms with van der Waals surface area (Å²) in [5.74, 6) is 0.0426. The minimum atomic E-state index is -0.764. The Hall–Kier alpha value is -1.51. The Labute approximate surface area is 101 Å². The van der Waals surface area contributed by atoms with Crippen molar-refractivity contribution in [3.05, 3.63) is 28.8 Å². The first kappa shape index (κ1) is 12.0. The molecule has 3 nitrogen and oxygen atoms in total. The fourth-order valence-electron chi connectivity index (χ4n) is 2.33. The van der Waals surface area contributed by atoms with Gasteiger partial charge >= 0.3 is 5.97 Å². The predicted octanol–water partition coefficient (Wildman–Crippen LogP) is 2.98. The fourth-order valence-corrected chi connectivity index (χ4v) is 2.33. The molecule has 1 aromatic carbocycles. The topological polar surface area (TPSA) is 57.5 Å². The van der Waals surface area contributed by atoms with Gasteiger partial charge in [-0.2, -0.15) is 0 Å². The van der Waals surface area contributed by atoms with E-state index in [0.717, 1.165) is 29.5 Å². The lowest BCUT2D eigenvalue weighted by molar-refractivity contribution is -0.137. The lowest BCUT2D eigenvalue weighted by Crippen LogP contribution is -2.08. The highest BCUT2D eigenvalue weighted by molar-refractivity contribution is 5.68. The van der Waals surface area contributed by atoms with E-state index in [-0.39, 0.29) is 18.1 Å². The molecule has 0 bridgehead atoms. The summed E-state index contributed by atoms with van der Waals surface area (Å²) in [6, 6.07) is 3.75. The minimum Gasteiger partial charge on any atom is -0.508 e. The van der Waals surface area contributed by atoms with Gasteiger partial charge in [0, 0.05) is 0 Å². The van der Waals surface area contributed by atoms with E-state index in [0.29, 0.717) is 5.92 Å². The average molecular weight is 234 g/mol. The van der Waals surface area contributed by atoms with Gasteiger partial charge in [-0.1, -0.05) is 6.07 Å². The Kier molecular flexibility index (Phi) is 3.09. The first-order chi connectivity index (χ1) is 7.99. The van der Waals surface area contributed by atoms with Gasteiger partial charge in [-0.15, -0.1) is 0 Å². The molecule has 0 spiro atoms. The van der Waals surface area contributed by atoms with Crippen LogP contribution in [0.25, 0.3) is 0 Å². The van der Waals surface area contributed by atoms with E-state index < -0.39 is 5.97 Å². The summed E-state index contributed by atoms with van der Waals surface area (Å²) < 4.78 is 0. The number of carbonyl (C=O) groups is 1. The number of phenols is 1. The van der Waals surface area contributed by atoms with Crippen molar-refractivity contribution in [2.24, 2.45) is 5.92 Å². The molecule has 1 aromatic rings. The number of hydrogen-bond acceptors (Lipinski definition) is 2. The van der Waals surface area contributed by atoms with Crippen LogP contribution in [0.2, 0.25) is 0 Å². The Bertz CT molecular complexity index is 424. The van der Waals surface area contributed by atoms with Crippen LogP contribution in [0, 0.1) is 19.8 Å². The normalized spacial score (nSPS) is 16.8. The monoisotopic (exact) mass is 234 g/mol. The van der Waals surface area contributed by atoms with Crippen LogP contribution in [0.15, 0.2) is 12.1 Å². The van der Waals surface area contributed by atoms with Crippen molar-refractivity contribution in [2.75, 3.05) is 0 Å². The zero-order chi connectivity index (χ0) is 12.6. The van der Waals surface area contributed by atoms with Crippen LogP contribution >= 0.6 is 0 Å². The molecular formula is C14H18O3. The summed E-state index contributed by atoms with van der Waals surface area (Å²) in [7, 11) is 0. The van der Waals surface area contributed by atoms with Crippen molar-refractivity contribution in [1.82, 2.24) is 0 Å². The molecule has 0 aliphatic heterocycles. The number of hydrogen-bond donors (Lipinski definition) is 2. The van der Waals surface area contributed by atoms with Gasteiger partial charge in [0.1, 0.15) is 5.75 Å². The zero-order valence-corrected chi connectivity index (χ0v) is 10.2. The van der Waals surface area contributed by atoms with Crippen LogP contribution in [-0.2, 0) is 4.79 Å². The highest BCUT2D eigenvalue weighted by Gasteiger charge is 2.34. The van der Waals surface area contributed by atoms with E-state index in [9.17, 15) is 9.90 Å². The molecular weight excluding hydrogens is 216 g/mol. The number of aliphatic carboxylic acids is 1. The van der Waals surface area contributed by atoms with Crippen LogP contribution in [0.1, 0.15) is 41.9 Å². The first-order valence-corrected chi connectivity index (χ1v) is 6.01. The second-order valence-electron chi connectivity index (χ2n) is 5.02. The molecule has 3 heteroatoms. The van der Waals surface area contributed by atoms with Crippen LogP contribution in [0.3, 0.4) is 0 Å². The smallest absolute Gasteiger partial charge is 0.303 e. The molecule has 1 fully saturated rings. The van der Waals surface area contributed by atoms with Gasteiger partial charge in [-0.05, 0) is 61.3 Å². The number of carboxylic acid groups (broad SMARTS) is 1. The number of aryl methyl sites for hydroxylation is 1. The van der Waals surface area contributed by atoms with Gasteiger partial charge < -0.3 is 10.2 Å². The van der Waals surface area contributed by atoms with E-state index in [1.165, 1.54) is 0 Å². The van der Waals surface area contributed by atoms with Crippen molar-refractivity contribution in [3.63, 3.8) is 0 Å². The number of rotatable bonds is 4. The van der Waals surface area contributed by atoms with Crippen molar-refractivity contribution in [3.8, 4) is 5.75 Å². The van der Waals surface area contributed by atoms with Gasteiger partial charge in [-0.25, -0.2) is 0 Å². The third-order valence-corrected chi connectivity index (χ3v) is 3.68.